The summed E-state index contributed by atoms with van der Waals surface area (Å²) in [7, 11) is 0. The van der Waals surface area contributed by atoms with Crippen LogP contribution in [0.15, 0.2) is 11.0 Å². The number of nitrogens with one attached hydrogen (secondary N) is 2. The summed E-state index contributed by atoms with van der Waals surface area (Å²) in [5, 5.41) is 8.37. The van der Waals surface area contributed by atoms with E-state index in [2.05, 4.69) is 15.2 Å². The summed E-state index contributed by atoms with van der Waals surface area (Å²) in [6.07, 6.45) is 6.70. The first kappa shape index (κ1) is 8.56. The Labute approximate surface area is 92.1 Å². The van der Waals surface area contributed by atoms with Gasteiger partial charge in [0.25, 0.3) is 5.56 Å². The van der Waals surface area contributed by atoms with Crippen LogP contribution in [-0.4, -0.2) is 15.2 Å². The maximum Gasteiger partial charge on any atom is 0.273 e. The Hall–Kier alpha value is -1.58. The SMILES string of the molecule is O=c1[nH]ncc2c(C3CC3)[nH]c(C3CC3)c12. The van der Waals surface area contributed by atoms with Crippen LogP contribution in [-0.2, 0) is 0 Å². The Morgan fingerprint density at radius 1 is 1.12 bits per heavy atom. The van der Waals surface area contributed by atoms with Crippen molar-refractivity contribution in [1.82, 2.24) is 15.2 Å². The average Bonchev–Trinajstić information content (AvgIpc) is 3.17. The van der Waals surface area contributed by atoms with Crippen LogP contribution in [0.5, 0.6) is 0 Å². The lowest BCUT2D eigenvalue weighted by atomic mass is 10.1. The summed E-state index contributed by atoms with van der Waals surface area (Å²) in [5.74, 6) is 1.22. The average molecular weight is 215 g/mol. The largest absolute Gasteiger partial charge is 0.361 e. The number of nitrogens with zero attached hydrogens (tertiary/aromatic N) is 1. The first-order valence-corrected chi connectivity index (χ1v) is 5.93. The second-order valence-corrected chi connectivity index (χ2v) is 4.99. The van der Waals surface area contributed by atoms with E-state index in [1.54, 1.807) is 6.20 Å². The summed E-state index contributed by atoms with van der Waals surface area (Å²) in [5.41, 5.74) is 2.36. The van der Waals surface area contributed by atoms with Gasteiger partial charge in [0.1, 0.15) is 0 Å². The molecule has 2 heterocycles. The van der Waals surface area contributed by atoms with Gasteiger partial charge in [0.15, 0.2) is 0 Å². The van der Waals surface area contributed by atoms with Gasteiger partial charge in [-0.15, -0.1) is 0 Å². The van der Waals surface area contributed by atoms with Crippen LogP contribution < -0.4 is 5.56 Å². The summed E-state index contributed by atoms with van der Waals surface area (Å²) < 4.78 is 0. The van der Waals surface area contributed by atoms with Crippen molar-refractivity contribution in [2.24, 2.45) is 0 Å². The highest BCUT2D eigenvalue weighted by Crippen LogP contribution is 2.47. The van der Waals surface area contributed by atoms with Crippen LogP contribution in [0, 0.1) is 0 Å². The number of aromatic amines is 2. The van der Waals surface area contributed by atoms with E-state index in [1.807, 2.05) is 0 Å². The second kappa shape index (κ2) is 2.75. The third-order valence-corrected chi connectivity index (χ3v) is 3.66. The van der Waals surface area contributed by atoms with Crippen molar-refractivity contribution in [3.05, 3.63) is 27.9 Å². The van der Waals surface area contributed by atoms with Gasteiger partial charge in [-0.2, -0.15) is 5.10 Å². The van der Waals surface area contributed by atoms with E-state index in [4.69, 9.17) is 0 Å². The molecule has 2 saturated carbocycles. The highest BCUT2D eigenvalue weighted by atomic mass is 16.1. The van der Waals surface area contributed by atoms with E-state index < -0.39 is 0 Å². The van der Waals surface area contributed by atoms with Gasteiger partial charge in [0.05, 0.1) is 11.6 Å². The molecule has 0 spiro atoms. The van der Waals surface area contributed by atoms with Gasteiger partial charge in [-0.05, 0) is 37.5 Å². The van der Waals surface area contributed by atoms with Gasteiger partial charge >= 0.3 is 0 Å². The second-order valence-electron chi connectivity index (χ2n) is 4.99. The number of aromatic nitrogens is 3. The van der Waals surface area contributed by atoms with Crippen LogP contribution in [0.25, 0.3) is 10.8 Å². The minimum absolute atomic E-state index is 0.0393. The molecule has 0 aromatic carbocycles. The van der Waals surface area contributed by atoms with Gasteiger partial charge in [0.2, 0.25) is 0 Å². The van der Waals surface area contributed by atoms with Crippen LogP contribution in [0.3, 0.4) is 0 Å². The third kappa shape index (κ3) is 1.10. The standard InChI is InChI=1S/C12H13N3O/c16-12-9-8(5-13-15-12)10(6-1-2-6)14-11(9)7-3-4-7/h5-7,14H,1-4H2,(H,15,16). The fraction of sp³-hybridized carbons (Fsp3) is 0.500. The lowest BCUT2D eigenvalue weighted by Gasteiger charge is -1.92. The topological polar surface area (TPSA) is 61.5 Å². The van der Waals surface area contributed by atoms with Crippen molar-refractivity contribution in [2.45, 2.75) is 37.5 Å². The molecule has 4 nitrogen and oxygen atoms in total. The molecule has 2 aliphatic carbocycles. The van der Waals surface area contributed by atoms with Crippen molar-refractivity contribution in [3.8, 4) is 0 Å². The Morgan fingerprint density at radius 3 is 2.50 bits per heavy atom. The Kier molecular flexibility index (Phi) is 1.47. The lowest BCUT2D eigenvalue weighted by molar-refractivity contribution is 0.987. The zero-order chi connectivity index (χ0) is 10.7. The minimum atomic E-state index is -0.0393. The Morgan fingerprint density at radius 2 is 1.81 bits per heavy atom. The van der Waals surface area contributed by atoms with Gasteiger partial charge in [-0.3, -0.25) is 4.79 Å². The molecule has 4 rings (SSSR count). The van der Waals surface area contributed by atoms with E-state index in [-0.39, 0.29) is 5.56 Å². The maximum atomic E-state index is 11.9. The van der Waals surface area contributed by atoms with E-state index >= 15 is 0 Å². The molecule has 0 atom stereocenters. The highest BCUT2D eigenvalue weighted by Gasteiger charge is 2.33. The fourth-order valence-electron chi connectivity index (χ4n) is 2.52. The van der Waals surface area contributed by atoms with Crippen LogP contribution in [0.4, 0.5) is 0 Å². The van der Waals surface area contributed by atoms with Gasteiger partial charge in [-0.25, -0.2) is 5.10 Å². The first-order valence-electron chi connectivity index (χ1n) is 5.93. The van der Waals surface area contributed by atoms with E-state index in [1.165, 1.54) is 31.4 Å². The van der Waals surface area contributed by atoms with Crippen LogP contribution in [0.2, 0.25) is 0 Å². The van der Waals surface area contributed by atoms with E-state index in [9.17, 15) is 4.79 Å². The maximum absolute atomic E-state index is 11.9. The minimum Gasteiger partial charge on any atom is -0.361 e. The van der Waals surface area contributed by atoms with Gasteiger partial charge in [-0.1, -0.05) is 0 Å². The van der Waals surface area contributed by atoms with Gasteiger partial charge in [0, 0.05) is 16.8 Å². The Balaban J connectivity index is 2.08. The number of hydrogen-bond donors (Lipinski definition) is 2. The number of rotatable bonds is 2. The van der Waals surface area contributed by atoms with Gasteiger partial charge < -0.3 is 4.98 Å². The molecule has 2 aromatic rings. The molecule has 0 unspecified atom stereocenters. The van der Waals surface area contributed by atoms with E-state index in [0.717, 1.165) is 16.5 Å². The Bertz CT molecular complexity index is 617. The summed E-state index contributed by atoms with van der Waals surface area (Å²) in [6, 6.07) is 0. The monoisotopic (exact) mass is 215 g/mol. The van der Waals surface area contributed by atoms with E-state index in [0.29, 0.717) is 11.8 Å². The van der Waals surface area contributed by atoms with Crippen molar-refractivity contribution in [1.29, 1.82) is 0 Å². The fourth-order valence-corrected chi connectivity index (χ4v) is 2.52. The summed E-state index contributed by atoms with van der Waals surface area (Å²) in [4.78, 5) is 15.3. The molecule has 2 fully saturated rings. The molecule has 0 saturated heterocycles. The number of H-pyrrole nitrogens is 2. The van der Waals surface area contributed by atoms with Crippen molar-refractivity contribution in [3.63, 3.8) is 0 Å². The molecule has 82 valence electrons. The molecular formula is C12H13N3O. The molecule has 2 aromatic heterocycles. The number of hydrogen-bond acceptors (Lipinski definition) is 2. The summed E-state index contributed by atoms with van der Waals surface area (Å²) in [6.45, 7) is 0. The molecular weight excluding hydrogens is 202 g/mol. The number of fused-ring (bicyclic) bond motifs is 1. The predicted octanol–water partition coefficient (Wildman–Crippen LogP) is 2.01. The van der Waals surface area contributed by atoms with Crippen molar-refractivity contribution < 1.29 is 0 Å². The quantitative estimate of drug-likeness (QED) is 0.804. The summed E-state index contributed by atoms with van der Waals surface area (Å²) >= 11 is 0. The molecule has 0 amide bonds. The zero-order valence-corrected chi connectivity index (χ0v) is 8.92. The third-order valence-electron chi connectivity index (χ3n) is 3.66. The molecule has 16 heavy (non-hydrogen) atoms. The van der Waals surface area contributed by atoms with Crippen LogP contribution >= 0.6 is 0 Å². The van der Waals surface area contributed by atoms with Crippen LogP contribution in [0.1, 0.15) is 48.9 Å². The predicted molar refractivity (Wildman–Crippen MR) is 60.7 cm³/mol. The normalized spacial score (nSPS) is 20.5. The molecule has 0 aliphatic heterocycles. The lowest BCUT2D eigenvalue weighted by Crippen LogP contribution is -2.07. The zero-order valence-electron chi connectivity index (χ0n) is 8.92. The molecule has 2 N–H and O–H groups in total. The smallest absolute Gasteiger partial charge is 0.273 e. The molecule has 4 heteroatoms. The first-order chi connectivity index (χ1) is 7.84. The molecule has 0 radical (unpaired) electrons. The highest BCUT2D eigenvalue weighted by molar-refractivity contribution is 5.88. The van der Waals surface area contributed by atoms with Crippen molar-refractivity contribution >= 4 is 10.8 Å². The van der Waals surface area contributed by atoms with Crippen molar-refractivity contribution in [2.75, 3.05) is 0 Å². The molecule has 0 bridgehead atoms. The molecule has 2 aliphatic rings.